The van der Waals surface area contributed by atoms with E-state index in [-0.39, 0.29) is 0 Å². The van der Waals surface area contributed by atoms with E-state index in [0.717, 1.165) is 13.1 Å². The Morgan fingerprint density at radius 1 is 1.26 bits per heavy atom. The summed E-state index contributed by atoms with van der Waals surface area (Å²) in [7, 11) is 2.12. The molecule has 1 aromatic heterocycles. The lowest BCUT2D eigenvalue weighted by Crippen LogP contribution is -2.32. The number of aliphatic hydroxyl groups excluding tert-OH is 1. The Hall–Kier alpha value is -0.800. The van der Waals surface area contributed by atoms with E-state index < -0.39 is 0 Å². The van der Waals surface area contributed by atoms with Crippen molar-refractivity contribution in [3.63, 3.8) is 0 Å². The highest BCUT2D eigenvalue weighted by Crippen LogP contribution is 2.29. The molecule has 2 unspecified atom stereocenters. The van der Waals surface area contributed by atoms with Gasteiger partial charge in [0.15, 0.2) is 0 Å². The first-order chi connectivity index (χ1) is 9.13. The lowest BCUT2D eigenvalue weighted by atomic mass is 9.79. The molecule has 1 saturated carbocycles. The molecule has 1 heterocycles. The third kappa shape index (κ3) is 3.40. The van der Waals surface area contributed by atoms with Gasteiger partial charge in [-0.25, -0.2) is 0 Å². The van der Waals surface area contributed by atoms with Gasteiger partial charge in [0.05, 0.1) is 0 Å². The molecule has 0 spiro atoms. The van der Waals surface area contributed by atoms with Gasteiger partial charge in [0, 0.05) is 31.6 Å². The van der Waals surface area contributed by atoms with E-state index in [1.807, 2.05) is 0 Å². The number of aromatic nitrogens is 1. The number of aryl methyl sites for hydroxylation is 1. The van der Waals surface area contributed by atoms with Crippen molar-refractivity contribution in [3.05, 3.63) is 23.0 Å². The molecule has 0 radical (unpaired) electrons. The van der Waals surface area contributed by atoms with Crippen LogP contribution in [-0.4, -0.2) is 22.8 Å². The highest BCUT2D eigenvalue weighted by molar-refractivity contribution is 5.26. The topological polar surface area (TPSA) is 37.2 Å². The molecule has 1 aliphatic rings. The van der Waals surface area contributed by atoms with Gasteiger partial charge in [-0.3, -0.25) is 0 Å². The summed E-state index contributed by atoms with van der Waals surface area (Å²) in [6.07, 6.45) is 5.09. The molecule has 0 saturated heterocycles. The maximum Gasteiger partial charge on any atom is 0.0462 e. The first kappa shape index (κ1) is 14.6. The fraction of sp³-hybridized carbons (Fsp3) is 0.750. The largest absolute Gasteiger partial charge is 0.396 e. The minimum Gasteiger partial charge on any atom is -0.396 e. The maximum absolute atomic E-state index is 9.43. The second-order valence-electron chi connectivity index (χ2n) is 6.07. The molecule has 2 atom stereocenters. The summed E-state index contributed by atoms with van der Waals surface area (Å²) >= 11 is 0. The van der Waals surface area contributed by atoms with Crippen LogP contribution < -0.4 is 5.32 Å². The second kappa shape index (κ2) is 6.58. The first-order valence-electron chi connectivity index (χ1n) is 7.56. The molecule has 3 heteroatoms. The first-order valence-corrected chi connectivity index (χ1v) is 7.56. The predicted molar refractivity (Wildman–Crippen MR) is 79.1 cm³/mol. The fourth-order valence-electron chi connectivity index (χ4n) is 3.30. The Bertz CT molecular complexity index is 411. The van der Waals surface area contributed by atoms with E-state index in [2.05, 4.69) is 36.8 Å². The Balaban J connectivity index is 1.84. The van der Waals surface area contributed by atoms with Crippen molar-refractivity contribution in [2.24, 2.45) is 18.9 Å². The van der Waals surface area contributed by atoms with Crippen LogP contribution in [0.3, 0.4) is 0 Å². The van der Waals surface area contributed by atoms with Gasteiger partial charge in [0.1, 0.15) is 0 Å². The smallest absolute Gasteiger partial charge is 0.0462 e. The third-order valence-electron chi connectivity index (χ3n) is 4.90. The Kier molecular flexibility index (Phi) is 5.06. The molecule has 3 nitrogen and oxygen atoms in total. The molecular weight excluding hydrogens is 236 g/mol. The van der Waals surface area contributed by atoms with Gasteiger partial charge in [-0.2, -0.15) is 0 Å². The van der Waals surface area contributed by atoms with Crippen LogP contribution in [0.15, 0.2) is 6.07 Å². The van der Waals surface area contributed by atoms with Crippen LogP contribution in [0, 0.1) is 25.7 Å². The Morgan fingerprint density at radius 2 is 1.95 bits per heavy atom. The lowest BCUT2D eigenvalue weighted by Gasteiger charge is -2.30. The zero-order valence-electron chi connectivity index (χ0n) is 12.6. The van der Waals surface area contributed by atoms with Crippen molar-refractivity contribution in [2.75, 3.05) is 13.2 Å². The minimum atomic E-state index is 0.357. The van der Waals surface area contributed by atoms with Crippen molar-refractivity contribution in [2.45, 2.75) is 46.1 Å². The van der Waals surface area contributed by atoms with Gasteiger partial charge in [0.2, 0.25) is 0 Å². The van der Waals surface area contributed by atoms with Crippen LogP contribution >= 0.6 is 0 Å². The summed E-state index contributed by atoms with van der Waals surface area (Å²) in [5.41, 5.74) is 4.07. The average molecular weight is 264 g/mol. The van der Waals surface area contributed by atoms with Crippen molar-refractivity contribution in [3.8, 4) is 0 Å². The SMILES string of the molecule is Cc1cc(CNCC2CCCCC2CO)c(C)n1C. The molecular formula is C16H28N2O. The fourth-order valence-corrected chi connectivity index (χ4v) is 3.30. The van der Waals surface area contributed by atoms with E-state index in [9.17, 15) is 5.11 Å². The molecule has 108 valence electrons. The quantitative estimate of drug-likeness (QED) is 0.857. The predicted octanol–water partition coefficient (Wildman–Crippen LogP) is 2.53. The number of hydrogen-bond acceptors (Lipinski definition) is 2. The molecule has 2 N–H and O–H groups in total. The maximum atomic E-state index is 9.43. The monoisotopic (exact) mass is 264 g/mol. The highest BCUT2D eigenvalue weighted by Gasteiger charge is 2.23. The minimum absolute atomic E-state index is 0.357. The normalized spacial score (nSPS) is 23.8. The lowest BCUT2D eigenvalue weighted by molar-refractivity contribution is 0.133. The zero-order chi connectivity index (χ0) is 13.8. The summed E-state index contributed by atoms with van der Waals surface area (Å²) < 4.78 is 2.24. The highest BCUT2D eigenvalue weighted by atomic mass is 16.3. The van der Waals surface area contributed by atoms with Gasteiger partial charge >= 0.3 is 0 Å². The molecule has 0 aromatic carbocycles. The molecule has 1 fully saturated rings. The Labute approximate surface area is 117 Å². The third-order valence-corrected chi connectivity index (χ3v) is 4.90. The molecule has 1 aliphatic carbocycles. The number of aliphatic hydroxyl groups is 1. The molecule has 1 aromatic rings. The van der Waals surface area contributed by atoms with E-state index >= 15 is 0 Å². The van der Waals surface area contributed by atoms with E-state index in [1.165, 1.54) is 42.6 Å². The summed E-state index contributed by atoms with van der Waals surface area (Å²) in [5.74, 6) is 1.17. The van der Waals surface area contributed by atoms with Crippen LogP contribution in [0.1, 0.15) is 42.6 Å². The van der Waals surface area contributed by atoms with Crippen LogP contribution in [0.2, 0.25) is 0 Å². The molecule has 0 bridgehead atoms. The number of nitrogens with one attached hydrogen (secondary N) is 1. The van der Waals surface area contributed by atoms with Crippen LogP contribution in [0.4, 0.5) is 0 Å². The van der Waals surface area contributed by atoms with E-state index in [1.54, 1.807) is 0 Å². The van der Waals surface area contributed by atoms with E-state index in [4.69, 9.17) is 0 Å². The average Bonchev–Trinajstić information content (AvgIpc) is 2.67. The molecule has 0 aliphatic heterocycles. The van der Waals surface area contributed by atoms with Crippen molar-refractivity contribution < 1.29 is 5.11 Å². The van der Waals surface area contributed by atoms with Crippen LogP contribution in [0.5, 0.6) is 0 Å². The summed E-state index contributed by atoms with van der Waals surface area (Å²) in [6.45, 7) is 6.68. The molecule has 0 amide bonds. The van der Waals surface area contributed by atoms with Gasteiger partial charge in [-0.1, -0.05) is 12.8 Å². The van der Waals surface area contributed by atoms with Crippen LogP contribution in [0.25, 0.3) is 0 Å². The number of hydrogen-bond donors (Lipinski definition) is 2. The summed E-state index contributed by atoms with van der Waals surface area (Å²) in [5, 5.41) is 13.0. The molecule has 2 rings (SSSR count). The standard InChI is InChI=1S/C16H28N2O/c1-12-8-16(13(2)18(12)3)10-17-9-14-6-4-5-7-15(14)11-19/h8,14-15,17,19H,4-7,9-11H2,1-3H3. The number of rotatable bonds is 5. The zero-order valence-corrected chi connectivity index (χ0v) is 12.6. The van der Waals surface area contributed by atoms with Crippen molar-refractivity contribution in [1.29, 1.82) is 0 Å². The summed E-state index contributed by atoms with van der Waals surface area (Å²) in [4.78, 5) is 0. The summed E-state index contributed by atoms with van der Waals surface area (Å²) in [6, 6.07) is 2.27. The van der Waals surface area contributed by atoms with E-state index in [0.29, 0.717) is 18.4 Å². The van der Waals surface area contributed by atoms with Crippen molar-refractivity contribution >= 4 is 0 Å². The number of nitrogens with zero attached hydrogens (tertiary/aromatic N) is 1. The second-order valence-corrected chi connectivity index (χ2v) is 6.07. The van der Waals surface area contributed by atoms with Crippen LogP contribution in [-0.2, 0) is 13.6 Å². The van der Waals surface area contributed by atoms with Crippen molar-refractivity contribution in [1.82, 2.24) is 9.88 Å². The Morgan fingerprint density at radius 3 is 2.53 bits per heavy atom. The van der Waals surface area contributed by atoms with Gasteiger partial charge in [-0.15, -0.1) is 0 Å². The van der Waals surface area contributed by atoms with Gasteiger partial charge in [-0.05, 0) is 56.7 Å². The molecule has 19 heavy (non-hydrogen) atoms. The van der Waals surface area contributed by atoms with Gasteiger partial charge in [0.25, 0.3) is 0 Å². The van der Waals surface area contributed by atoms with Gasteiger partial charge < -0.3 is 15.0 Å².